The SMILES string of the molecule is CCN(CC)[C@@H](CNC(=O)c1ccc(NC(C)=O)cc1)c1ccccc1. The molecule has 0 radical (unpaired) electrons. The minimum absolute atomic E-state index is 0.118. The Kier molecular flexibility index (Phi) is 7.36. The van der Waals surface area contributed by atoms with Crippen molar-refractivity contribution >= 4 is 17.5 Å². The number of anilines is 1. The van der Waals surface area contributed by atoms with Gasteiger partial charge in [0.1, 0.15) is 0 Å². The summed E-state index contributed by atoms with van der Waals surface area (Å²) in [6.45, 7) is 8.08. The van der Waals surface area contributed by atoms with Gasteiger partial charge in [0, 0.05) is 24.7 Å². The summed E-state index contributed by atoms with van der Waals surface area (Å²) in [4.78, 5) is 25.9. The van der Waals surface area contributed by atoms with E-state index >= 15 is 0 Å². The van der Waals surface area contributed by atoms with E-state index in [4.69, 9.17) is 0 Å². The van der Waals surface area contributed by atoms with Crippen LogP contribution in [0.1, 0.15) is 42.7 Å². The van der Waals surface area contributed by atoms with Gasteiger partial charge in [0.05, 0.1) is 6.04 Å². The van der Waals surface area contributed by atoms with Gasteiger partial charge >= 0.3 is 0 Å². The molecule has 0 aromatic heterocycles. The molecule has 2 N–H and O–H groups in total. The summed E-state index contributed by atoms with van der Waals surface area (Å²) >= 11 is 0. The van der Waals surface area contributed by atoms with Crippen molar-refractivity contribution in [1.29, 1.82) is 0 Å². The van der Waals surface area contributed by atoms with E-state index in [0.29, 0.717) is 17.8 Å². The first-order valence-corrected chi connectivity index (χ1v) is 9.00. The molecule has 1 atom stereocenters. The van der Waals surface area contributed by atoms with E-state index in [2.05, 4.69) is 41.5 Å². The quantitative estimate of drug-likeness (QED) is 0.764. The maximum Gasteiger partial charge on any atom is 0.251 e. The highest BCUT2D eigenvalue weighted by atomic mass is 16.2. The molecule has 0 saturated carbocycles. The number of carbonyl (C=O) groups is 2. The summed E-state index contributed by atoms with van der Waals surface area (Å²) in [6.07, 6.45) is 0. The number of amides is 2. The molecule has 26 heavy (non-hydrogen) atoms. The number of carbonyl (C=O) groups excluding carboxylic acids is 2. The number of likely N-dealkylation sites (N-methyl/N-ethyl adjacent to an activating group) is 1. The van der Waals surface area contributed by atoms with Crippen LogP contribution in [0, 0.1) is 0 Å². The molecular weight excluding hydrogens is 326 g/mol. The van der Waals surface area contributed by atoms with Crippen LogP contribution in [0.2, 0.25) is 0 Å². The Bertz CT molecular complexity index is 710. The summed E-state index contributed by atoms with van der Waals surface area (Å²) in [5, 5.41) is 5.73. The van der Waals surface area contributed by atoms with Crippen molar-refractivity contribution in [1.82, 2.24) is 10.2 Å². The molecule has 2 aromatic rings. The summed E-state index contributed by atoms with van der Waals surface area (Å²) in [5.41, 5.74) is 2.45. The Morgan fingerprint density at radius 2 is 1.58 bits per heavy atom. The second-order valence-corrected chi connectivity index (χ2v) is 6.12. The van der Waals surface area contributed by atoms with Crippen LogP contribution in [0.15, 0.2) is 54.6 Å². The first-order chi connectivity index (χ1) is 12.5. The van der Waals surface area contributed by atoms with Crippen molar-refractivity contribution in [3.63, 3.8) is 0 Å². The highest BCUT2D eigenvalue weighted by Crippen LogP contribution is 2.19. The maximum absolute atomic E-state index is 12.5. The smallest absolute Gasteiger partial charge is 0.251 e. The molecule has 2 aromatic carbocycles. The second kappa shape index (κ2) is 9.73. The predicted octanol–water partition coefficient (Wildman–Crippen LogP) is 3.46. The summed E-state index contributed by atoms with van der Waals surface area (Å²) in [7, 11) is 0. The van der Waals surface area contributed by atoms with E-state index in [1.807, 2.05) is 18.2 Å². The van der Waals surface area contributed by atoms with Gasteiger partial charge < -0.3 is 10.6 Å². The van der Waals surface area contributed by atoms with Gasteiger partial charge in [0.2, 0.25) is 5.91 Å². The van der Waals surface area contributed by atoms with Crippen LogP contribution in [0.25, 0.3) is 0 Å². The van der Waals surface area contributed by atoms with Gasteiger partial charge in [-0.15, -0.1) is 0 Å². The van der Waals surface area contributed by atoms with Crippen LogP contribution < -0.4 is 10.6 Å². The predicted molar refractivity (Wildman–Crippen MR) is 105 cm³/mol. The molecule has 0 aliphatic heterocycles. The van der Waals surface area contributed by atoms with E-state index < -0.39 is 0 Å². The number of nitrogens with zero attached hydrogens (tertiary/aromatic N) is 1. The lowest BCUT2D eigenvalue weighted by Gasteiger charge is -2.30. The van der Waals surface area contributed by atoms with Crippen LogP contribution in [0.3, 0.4) is 0 Å². The largest absolute Gasteiger partial charge is 0.350 e. The van der Waals surface area contributed by atoms with Gasteiger partial charge in [-0.2, -0.15) is 0 Å². The standard InChI is InChI=1S/C21H27N3O2/c1-4-24(5-2)20(17-9-7-6-8-10-17)15-22-21(26)18-11-13-19(14-12-18)23-16(3)25/h6-14,20H,4-5,15H2,1-3H3,(H,22,26)(H,23,25)/t20-/m0/s1. The lowest BCUT2D eigenvalue weighted by molar-refractivity contribution is -0.114. The van der Waals surface area contributed by atoms with Gasteiger partial charge in [-0.1, -0.05) is 44.2 Å². The summed E-state index contributed by atoms with van der Waals surface area (Å²) < 4.78 is 0. The van der Waals surface area contributed by atoms with Gasteiger partial charge in [-0.3, -0.25) is 14.5 Å². The molecule has 138 valence electrons. The number of benzene rings is 2. The Hall–Kier alpha value is -2.66. The number of hydrogen-bond acceptors (Lipinski definition) is 3. The molecular formula is C21H27N3O2. The van der Waals surface area contributed by atoms with Crippen molar-refractivity contribution in [2.24, 2.45) is 0 Å². The third-order valence-electron chi connectivity index (χ3n) is 4.36. The molecule has 0 spiro atoms. The normalized spacial score (nSPS) is 11.8. The Labute approximate surface area is 155 Å². The molecule has 0 aliphatic carbocycles. The van der Waals surface area contributed by atoms with Gasteiger partial charge in [-0.25, -0.2) is 0 Å². The fraction of sp³-hybridized carbons (Fsp3) is 0.333. The van der Waals surface area contributed by atoms with E-state index in [0.717, 1.165) is 13.1 Å². The van der Waals surface area contributed by atoms with Gasteiger partial charge in [0.25, 0.3) is 5.91 Å². The molecule has 0 heterocycles. The Morgan fingerprint density at radius 1 is 0.962 bits per heavy atom. The average molecular weight is 353 g/mol. The average Bonchev–Trinajstić information content (AvgIpc) is 2.65. The van der Waals surface area contributed by atoms with E-state index in [1.165, 1.54) is 12.5 Å². The first kappa shape index (κ1) is 19.7. The maximum atomic E-state index is 12.5. The third-order valence-corrected chi connectivity index (χ3v) is 4.36. The number of rotatable bonds is 8. The van der Waals surface area contributed by atoms with Crippen LogP contribution in [0.4, 0.5) is 5.69 Å². The molecule has 0 bridgehead atoms. The fourth-order valence-electron chi connectivity index (χ4n) is 3.00. The van der Waals surface area contributed by atoms with Crippen molar-refractivity contribution < 1.29 is 9.59 Å². The Balaban J connectivity index is 2.05. The van der Waals surface area contributed by atoms with Crippen LogP contribution in [0.5, 0.6) is 0 Å². The first-order valence-electron chi connectivity index (χ1n) is 9.00. The topological polar surface area (TPSA) is 61.4 Å². The molecule has 5 nitrogen and oxygen atoms in total. The zero-order chi connectivity index (χ0) is 18.9. The molecule has 2 rings (SSSR count). The minimum Gasteiger partial charge on any atom is -0.350 e. The van der Waals surface area contributed by atoms with Gasteiger partial charge in [-0.05, 0) is 42.9 Å². The van der Waals surface area contributed by atoms with Crippen molar-refractivity contribution in [2.75, 3.05) is 25.0 Å². The highest BCUT2D eigenvalue weighted by Gasteiger charge is 2.19. The fourth-order valence-corrected chi connectivity index (χ4v) is 3.00. The van der Waals surface area contributed by atoms with Crippen LogP contribution in [-0.4, -0.2) is 36.3 Å². The molecule has 2 amide bonds. The van der Waals surface area contributed by atoms with Crippen molar-refractivity contribution in [2.45, 2.75) is 26.8 Å². The number of nitrogens with one attached hydrogen (secondary N) is 2. The molecule has 0 unspecified atom stereocenters. The lowest BCUT2D eigenvalue weighted by Crippen LogP contribution is -2.38. The highest BCUT2D eigenvalue weighted by molar-refractivity contribution is 5.95. The molecule has 0 aliphatic rings. The van der Waals surface area contributed by atoms with Crippen molar-refractivity contribution in [3.05, 3.63) is 65.7 Å². The van der Waals surface area contributed by atoms with Crippen molar-refractivity contribution in [3.8, 4) is 0 Å². The van der Waals surface area contributed by atoms with Crippen LogP contribution >= 0.6 is 0 Å². The second-order valence-electron chi connectivity index (χ2n) is 6.12. The summed E-state index contributed by atoms with van der Waals surface area (Å²) in [5.74, 6) is -0.250. The Morgan fingerprint density at radius 3 is 2.12 bits per heavy atom. The van der Waals surface area contributed by atoms with E-state index in [-0.39, 0.29) is 17.9 Å². The third kappa shape index (κ3) is 5.43. The lowest BCUT2D eigenvalue weighted by atomic mass is 10.0. The zero-order valence-electron chi connectivity index (χ0n) is 15.7. The molecule has 5 heteroatoms. The van der Waals surface area contributed by atoms with E-state index in [9.17, 15) is 9.59 Å². The minimum atomic E-state index is -0.132. The summed E-state index contributed by atoms with van der Waals surface area (Å²) in [6, 6.07) is 17.3. The number of hydrogen-bond donors (Lipinski definition) is 2. The van der Waals surface area contributed by atoms with E-state index in [1.54, 1.807) is 24.3 Å². The zero-order valence-corrected chi connectivity index (χ0v) is 15.7. The van der Waals surface area contributed by atoms with Gasteiger partial charge in [0.15, 0.2) is 0 Å². The molecule has 0 fully saturated rings. The monoisotopic (exact) mass is 353 g/mol. The van der Waals surface area contributed by atoms with Crippen LogP contribution in [-0.2, 0) is 4.79 Å². The molecule has 0 saturated heterocycles.